The van der Waals surface area contributed by atoms with Gasteiger partial charge in [-0.3, -0.25) is 4.79 Å². The van der Waals surface area contributed by atoms with Crippen LogP contribution in [0.2, 0.25) is 0 Å². The van der Waals surface area contributed by atoms with Gasteiger partial charge in [-0.2, -0.15) is 0 Å². The SMILES string of the molecule is CN/C=C/CNC(=O)COC. The quantitative estimate of drug-likeness (QED) is 0.566. The van der Waals surface area contributed by atoms with E-state index in [0.717, 1.165) is 0 Å². The van der Waals surface area contributed by atoms with E-state index in [0.29, 0.717) is 6.54 Å². The Balaban J connectivity index is 3.24. The lowest BCUT2D eigenvalue weighted by molar-refractivity contribution is -0.124. The first-order valence-electron chi connectivity index (χ1n) is 3.39. The van der Waals surface area contributed by atoms with Crippen LogP contribution in [0.1, 0.15) is 0 Å². The predicted molar refractivity (Wildman–Crippen MR) is 43.1 cm³/mol. The number of ether oxygens (including phenoxy) is 1. The van der Waals surface area contributed by atoms with Crippen molar-refractivity contribution in [2.75, 3.05) is 27.3 Å². The zero-order chi connectivity index (χ0) is 8.53. The molecule has 0 saturated heterocycles. The molecule has 0 bridgehead atoms. The van der Waals surface area contributed by atoms with Gasteiger partial charge in [0.1, 0.15) is 6.61 Å². The number of hydrogen-bond donors (Lipinski definition) is 2. The maximum absolute atomic E-state index is 10.7. The largest absolute Gasteiger partial charge is 0.394 e. The van der Waals surface area contributed by atoms with Crippen molar-refractivity contribution in [2.24, 2.45) is 0 Å². The molecule has 0 rings (SSSR count). The summed E-state index contributed by atoms with van der Waals surface area (Å²) in [4.78, 5) is 10.7. The first-order chi connectivity index (χ1) is 5.31. The lowest BCUT2D eigenvalue weighted by Crippen LogP contribution is -2.27. The number of carbonyl (C=O) groups excluding carboxylic acids is 1. The highest BCUT2D eigenvalue weighted by molar-refractivity contribution is 5.77. The fourth-order valence-corrected chi connectivity index (χ4v) is 0.532. The van der Waals surface area contributed by atoms with E-state index in [9.17, 15) is 4.79 Å². The number of rotatable bonds is 5. The van der Waals surface area contributed by atoms with E-state index in [1.165, 1.54) is 7.11 Å². The summed E-state index contributed by atoms with van der Waals surface area (Å²) in [6.45, 7) is 0.649. The summed E-state index contributed by atoms with van der Waals surface area (Å²) in [6, 6.07) is 0. The lowest BCUT2D eigenvalue weighted by Gasteiger charge is -1.99. The Labute approximate surface area is 66.6 Å². The molecule has 0 atom stereocenters. The molecular weight excluding hydrogens is 144 g/mol. The molecule has 0 aliphatic rings. The van der Waals surface area contributed by atoms with E-state index in [4.69, 9.17) is 0 Å². The van der Waals surface area contributed by atoms with Crippen molar-refractivity contribution in [1.29, 1.82) is 0 Å². The molecule has 4 nitrogen and oxygen atoms in total. The van der Waals surface area contributed by atoms with E-state index in [1.807, 2.05) is 6.08 Å². The Morgan fingerprint density at radius 2 is 2.36 bits per heavy atom. The fourth-order valence-electron chi connectivity index (χ4n) is 0.532. The Hall–Kier alpha value is -1.03. The molecule has 0 aliphatic carbocycles. The van der Waals surface area contributed by atoms with Gasteiger partial charge in [0.15, 0.2) is 0 Å². The van der Waals surface area contributed by atoms with Crippen molar-refractivity contribution in [2.45, 2.75) is 0 Å². The highest BCUT2D eigenvalue weighted by Gasteiger charge is 1.94. The normalized spacial score (nSPS) is 10.0. The second-order valence-electron chi connectivity index (χ2n) is 1.93. The third-order valence-electron chi connectivity index (χ3n) is 0.977. The molecule has 4 heteroatoms. The third kappa shape index (κ3) is 6.86. The Morgan fingerprint density at radius 3 is 2.91 bits per heavy atom. The van der Waals surface area contributed by atoms with Crippen molar-refractivity contribution in [3.63, 3.8) is 0 Å². The maximum Gasteiger partial charge on any atom is 0.246 e. The van der Waals surface area contributed by atoms with Crippen molar-refractivity contribution in [1.82, 2.24) is 10.6 Å². The van der Waals surface area contributed by atoms with Gasteiger partial charge in [-0.15, -0.1) is 0 Å². The van der Waals surface area contributed by atoms with Gasteiger partial charge in [0.25, 0.3) is 0 Å². The molecule has 2 N–H and O–H groups in total. The summed E-state index contributed by atoms with van der Waals surface area (Å²) in [5.74, 6) is -0.103. The molecule has 0 heterocycles. The Kier molecular flexibility index (Phi) is 6.42. The lowest BCUT2D eigenvalue weighted by atomic mass is 10.5. The maximum atomic E-state index is 10.7. The Bertz CT molecular complexity index is 134. The zero-order valence-electron chi connectivity index (χ0n) is 6.89. The summed E-state index contributed by atoms with van der Waals surface area (Å²) in [6.07, 6.45) is 3.57. The zero-order valence-corrected chi connectivity index (χ0v) is 6.89. The molecule has 0 saturated carbocycles. The number of methoxy groups -OCH3 is 1. The van der Waals surface area contributed by atoms with Crippen molar-refractivity contribution in [3.8, 4) is 0 Å². The molecule has 0 unspecified atom stereocenters. The highest BCUT2D eigenvalue weighted by atomic mass is 16.5. The van der Waals surface area contributed by atoms with Gasteiger partial charge in [-0.1, -0.05) is 0 Å². The van der Waals surface area contributed by atoms with E-state index in [2.05, 4.69) is 15.4 Å². The van der Waals surface area contributed by atoms with E-state index in [-0.39, 0.29) is 12.5 Å². The van der Waals surface area contributed by atoms with E-state index >= 15 is 0 Å². The monoisotopic (exact) mass is 158 g/mol. The van der Waals surface area contributed by atoms with Crippen LogP contribution in [0, 0.1) is 0 Å². The third-order valence-corrected chi connectivity index (χ3v) is 0.977. The molecule has 0 aromatic rings. The summed E-state index contributed by atoms with van der Waals surface area (Å²) < 4.78 is 4.61. The average molecular weight is 158 g/mol. The summed E-state index contributed by atoms with van der Waals surface area (Å²) in [5.41, 5.74) is 0. The minimum absolute atomic E-state index is 0.103. The molecular formula is C7H14N2O2. The van der Waals surface area contributed by atoms with Crippen molar-refractivity contribution < 1.29 is 9.53 Å². The van der Waals surface area contributed by atoms with Crippen LogP contribution in [0.3, 0.4) is 0 Å². The van der Waals surface area contributed by atoms with E-state index in [1.54, 1.807) is 13.2 Å². The number of hydrogen-bond acceptors (Lipinski definition) is 3. The molecule has 0 radical (unpaired) electrons. The number of amides is 1. The van der Waals surface area contributed by atoms with Crippen molar-refractivity contribution >= 4 is 5.91 Å². The van der Waals surface area contributed by atoms with Crippen LogP contribution < -0.4 is 10.6 Å². The van der Waals surface area contributed by atoms with Gasteiger partial charge in [-0.05, 0) is 12.3 Å². The smallest absolute Gasteiger partial charge is 0.246 e. The van der Waals surface area contributed by atoms with Gasteiger partial charge in [-0.25, -0.2) is 0 Å². The first-order valence-corrected chi connectivity index (χ1v) is 3.39. The van der Waals surface area contributed by atoms with Crippen LogP contribution in [0.15, 0.2) is 12.3 Å². The van der Waals surface area contributed by atoms with Gasteiger partial charge >= 0.3 is 0 Å². The molecule has 1 amide bonds. The second kappa shape index (κ2) is 7.08. The second-order valence-corrected chi connectivity index (χ2v) is 1.93. The van der Waals surface area contributed by atoms with Crippen LogP contribution in [0.5, 0.6) is 0 Å². The standard InChI is InChI=1S/C7H14N2O2/c1-8-4-3-5-9-7(10)6-11-2/h3-4,8H,5-6H2,1-2H3,(H,9,10)/b4-3+. The average Bonchev–Trinajstić information content (AvgIpc) is 1.99. The van der Waals surface area contributed by atoms with E-state index < -0.39 is 0 Å². The van der Waals surface area contributed by atoms with Crippen LogP contribution >= 0.6 is 0 Å². The predicted octanol–water partition coefficient (Wildman–Crippen LogP) is -0.518. The molecule has 0 spiro atoms. The Morgan fingerprint density at radius 1 is 1.64 bits per heavy atom. The fraction of sp³-hybridized carbons (Fsp3) is 0.571. The minimum Gasteiger partial charge on any atom is -0.394 e. The van der Waals surface area contributed by atoms with Gasteiger partial charge in [0.2, 0.25) is 5.91 Å². The summed E-state index contributed by atoms with van der Waals surface area (Å²) in [5, 5.41) is 5.44. The summed E-state index contributed by atoms with van der Waals surface area (Å²) >= 11 is 0. The van der Waals surface area contributed by atoms with Crippen LogP contribution in [0.25, 0.3) is 0 Å². The molecule has 0 fully saturated rings. The van der Waals surface area contributed by atoms with Gasteiger partial charge in [0, 0.05) is 20.7 Å². The van der Waals surface area contributed by atoms with Gasteiger partial charge in [0.05, 0.1) is 0 Å². The molecule has 0 aromatic carbocycles. The van der Waals surface area contributed by atoms with Gasteiger partial charge < -0.3 is 15.4 Å². The molecule has 11 heavy (non-hydrogen) atoms. The number of nitrogens with one attached hydrogen (secondary N) is 2. The molecule has 0 aliphatic heterocycles. The molecule has 0 aromatic heterocycles. The van der Waals surface area contributed by atoms with Crippen LogP contribution in [-0.2, 0) is 9.53 Å². The molecule has 64 valence electrons. The number of carbonyl (C=O) groups is 1. The van der Waals surface area contributed by atoms with Crippen molar-refractivity contribution in [3.05, 3.63) is 12.3 Å². The van der Waals surface area contributed by atoms with Crippen LogP contribution in [-0.4, -0.2) is 33.2 Å². The first kappa shape index (κ1) is 9.97. The minimum atomic E-state index is -0.103. The summed E-state index contributed by atoms with van der Waals surface area (Å²) in [7, 11) is 3.29. The highest BCUT2D eigenvalue weighted by Crippen LogP contribution is 1.69. The van der Waals surface area contributed by atoms with Crippen LogP contribution in [0.4, 0.5) is 0 Å². The topological polar surface area (TPSA) is 50.4 Å².